The highest BCUT2D eigenvalue weighted by Crippen LogP contribution is 2.21. The van der Waals surface area contributed by atoms with Crippen molar-refractivity contribution in [1.29, 1.82) is 0 Å². The van der Waals surface area contributed by atoms with Crippen LogP contribution in [0.4, 0.5) is 0 Å². The van der Waals surface area contributed by atoms with Crippen molar-refractivity contribution < 1.29 is 24.2 Å². The maximum Gasteiger partial charge on any atom is 0.335 e. The molecule has 1 unspecified atom stereocenters. The first-order chi connectivity index (χ1) is 11.5. The van der Waals surface area contributed by atoms with Gasteiger partial charge in [-0.05, 0) is 30.4 Å². The summed E-state index contributed by atoms with van der Waals surface area (Å²) in [6.07, 6.45) is 1.52. The van der Waals surface area contributed by atoms with E-state index in [1.54, 1.807) is 18.2 Å². The van der Waals surface area contributed by atoms with Crippen LogP contribution in [0.3, 0.4) is 0 Å². The van der Waals surface area contributed by atoms with Crippen molar-refractivity contribution in [2.24, 2.45) is 11.7 Å². The van der Waals surface area contributed by atoms with Crippen molar-refractivity contribution in [2.45, 2.75) is 31.7 Å². The second-order valence-corrected chi connectivity index (χ2v) is 5.93. The molecule has 0 saturated carbocycles. The number of carbonyl (C=O) groups excluding carboxylic acids is 2. The fraction of sp³-hybridized carbons (Fsp3) is 0.471. The van der Waals surface area contributed by atoms with Gasteiger partial charge < -0.3 is 20.9 Å². The van der Waals surface area contributed by atoms with Crippen LogP contribution < -0.4 is 11.1 Å². The first-order valence-corrected chi connectivity index (χ1v) is 7.94. The minimum Gasteiger partial charge on any atom is -0.478 e. The number of amides is 2. The standard InChI is InChI=1S/C17H22N2O5/c18-15(20)10-14(11-5-7-24-8-6-11)19-16(21)9-12-3-1-2-4-13(12)17(22)23/h1-4,11,14H,5-10H2,(H2,18,20)(H,19,21)(H,22,23). The summed E-state index contributed by atoms with van der Waals surface area (Å²) in [6.45, 7) is 1.19. The zero-order valence-corrected chi connectivity index (χ0v) is 13.4. The zero-order chi connectivity index (χ0) is 17.5. The molecule has 0 bridgehead atoms. The van der Waals surface area contributed by atoms with E-state index in [-0.39, 0.29) is 36.3 Å². The van der Waals surface area contributed by atoms with E-state index < -0.39 is 11.9 Å². The Balaban J connectivity index is 2.04. The van der Waals surface area contributed by atoms with E-state index in [4.69, 9.17) is 10.5 Å². The molecule has 1 saturated heterocycles. The smallest absolute Gasteiger partial charge is 0.335 e. The number of hydrogen-bond acceptors (Lipinski definition) is 4. The van der Waals surface area contributed by atoms with E-state index in [1.165, 1.54) is 6.07 Å². The van der Waals surface area contributed by atoms with Gasteiger partial charge >= 0.3 is 5.97 Å². The summed E-state index contributed by atoms with van der Waals surface area (Å²) in [5.74, 6) is -1.74. The molecule has 24 heavy (non-hydrogen) atoms. The van der Waals surface area contributed by atoms with Crippen LogP contribution in [0.5, 0.6) is 0 Å². The number of benzene rings is 1. The van der Waals surface area contributed by atoms with Gasteiger partial charge in [0.1, 0.15) is 0 Å². The summed E-state index contributed by atoms with van der Waals surface area (Å²) in [6, 6.07) is 6.03. The van der Waals surface area contributed by atoms with E-state index in [0.717, 1.165) is 12.8 Å². The van der Waals surface area contributed by atoms with Crippen molar-refractivity contribution in [3.63, 3.8) is 0 Å². The summed E-state index contributed by atoms with van der Waals surface area (Å²) in [5.41, 5.74) is 5.83. The quantitative estimate of drug-likeness (QED) is 0.679. The molecule has 1 fully saturated rings. The minimum atomic E-state index is -1.07. The van der Waals surface area contributed by atoms with Gasteiger partial charge in [-0.2, -0.15) is 0 Å². The van der Waals surface area contributed by atoms with Crippen molar-refractivity contribution in [3.05, 3.63) is 35.4 Å². The van der Waals surface area contributed by atoms with Gasteiger partial charge in [-0.15, -0.1) is 0 Å². The first-order valence-electron chi connectivity index (χ1n) is 7.94. The van der Waals surface area contributed by atoms with Gasteiger partial charge in [0.05, 0.1) is 12.0 Å². The van der Waals surface area contributed by atoms with Gasteiger partial charge in [0, 0.05) is 25.7 Å². The predicted octanol–water partition coefficient (Wildman–Crippen LogP) is 0.714. The summed E-state index contributed by atoms with van der Waals surface area (Å²) >= 11 is 0. The lowest BCUT2D eigenvalue weighted by Crippen LogP contribution is -2.45. The predicted molar refractivity (Wildman–Crippen MR) is 86.4 cm³/mol. The third-order valence-corrected chi connectivity index (χ3v) is 4.20. The Morgan fingerprint density at radius 2 is 1.92 bits per heavy atom. The van der Waals surface area contributed by atoms with Crippen LogP contribution in [0, 0.1) is 5.92 Å². The van der Waals surface area contributed by atoms with E-state index in [9.17, 15) is 19.5 Å². The Morgan fingerprint density at radius 1 is 1.25 bits per heavy atom. The van der Waals surface area contributed by atoms with Gasteiger partial charge in [0.15, 0.2) is 0 Å². The summed E-state index contributed by atoms with van der Waals surface area (Å²) < 4.78 is 5.30. The molecule has 4 N–H and O–H groups in total. The Kier molecular flexibility index (Phi) is 6.31. The Labute approximate surface area is 140 Å². The Bertz CT molecular complexity index is 611. The minimum absolute atomic E-state index is 0.0546. The first kappa shape index (κ1) is 17.9. The van der Waals surface area contributed by atoms with E-state index >= 15 is 0 Å². The second kappa shape index (κ2) is 8.44. The average molecular weight is 334 g/mol. The van der Waals surface area contributed by atoms with Crippen LogP contribution in [0.15, 0.2) is 24.3 Å². The number of carboxylic acid groups (broad SMARTS) is 1. The van der Waals surface area contributed by atoms with Crippen LogP contribution in [0.25, 0.3) is 0 Å². The fourth-order valence-electron chi connectivity index (χ4n) is 2.98. The van der Waals surface area contributed by atoms with Crippen LogP contribution in [0.1, 0.15) is 35.2 Å². The average Bonchev–Trinajstić information content (AvgIpc) is 2.55. The van der Waals surface area contributed by atoms with Gasteiger partial charge in [-0.25, -0.2) is 4.79 Å². The number of carboxylic acids is 1. The van der Waals surface area contributed by atoms with Gasteiger partial charge in [-0.1, -0.05) is 18.2 Å². The number of primary amides is 1. The molecule has 1 aromatic rings. The molecule has 0 spiro atoms. The molecule has 1 atom stereocenters. The third-order valence-electron chi connectivity index (χ3n) is 4.20. The number of aromatic carboxylic acids is 1. The van der Waals surface area contributed by atoms with Gasteiger partial charge in [0.25, 0.3) is 0 Å². The van der Waals surface area contributed by atoms with Gasteiger partial charge in [-0.3, -0.25) is 9.59 Å². The maximum absolute atomic E-state index is 12.3. The molecular formula is C17H22N2O5. The number of rotatable bonds is 7. The molecular weight excluding hydrogens is 312 g/mol. The molecule has 0 aliphatic carbocycles. The number of nitrogens with two attached hydrogens (primary N) is 1. The second-order valence-electron chi connectivity index (χ2n) is 5.93. The van der Waals surface area contributed by atoms with Gasteiger partial charge in [0.2, 0.25) is 11.8 Å². The summed E-state index contributed by atoms with van der Waals surface area (Å²) in [5, 5.41) is 12.0. The van der Waals surface area contributed by atoms with Crippen molar-refractivity contribution >= 4 is 17.8 Å². The highest BCUT2D eigenvalue weighted by atomic mass is 16.5. The summed E-state index contributed by atoms with van der Waals surface area (Å²) in [7, 11) is 0. The van der Waals surface area contributed by atoms with E-state index in [2.05, 4.69) is 5.32 Å². The lowest BCUT2D eigenvalue weighted by atomic mass is 9.89. The van der Waals surface area contributed by atoms with E-state index in [0.29, 0.717) is 18.8 Å². The van der Waals surface area contributed by atoms with E-state index in [1.807, 2.05) is 0 Å². The molecule has 7 nitrogen and oxygen atoms in total. The molecule has 1 aromatic carbocycles. The van der Waals surface area contributed by atoms with Crippen molar-refractivity contribution in [1.82, 2.24) is 5.32 Å². The number of carbonyl (C=O) groups is 3. The molecule has 0 radical (unpaired) electrons. The Morgan fingerprint density at radius 3 is 2.54 bits per heavy atom. The number of nitrogens with one attached hydrogen (secondary N) is 1. The molecule has 2 amide bonds. The van der Waals surface area contributed by atoms with Crippen molar-refractivity contribution in [2.75, 3.05) is 13.2 Å². The largest absolute Gasteiger partial charge is 0.478 e. The lowest BCUT2D eigenvalue weighted by Gasteiger charge is -2.30. The maximum atomic E-state index is 12.3. The highest BCUT2D eigenvalue weighted by Gasteiger charge is 2.27. The molecule has 2 rings (SSSR count). The number of hydrogen-bond donors (Lipinski definition) is 3. The normalized spacial score (nSPS) is 16.3. The Hall–Kier alpha value is -2.41. The lowest BCUT2D eigenvalue weighted by molar-refractivity contribution is -0.123. The topological polar surface area (TPSA) is 119 Å². The van der Waals surface area contributed by atoms with Crippen LogP contribution in [-0.2, 0) is 20.7 Å². The van der Waals surface area contributed by atoms with Crippen LogP contribution in [0.2, 0.25) is 0 Å². The fourth-order valence-corrected chi connectivity index (χ4v) is 2.98. The monoisotopic (exact) mass is 334 g/mol. The molecule has 1 aliphatic heterocycles. The molecule has 130 valence electrons. The summed E-state index contributed by atoms with van der Waals surface area (Å²) in [4.78, 5) is 34.8. The molecule has 1 heterocycles. The molecule has 0 aromatic heterocycles. The van der Waals surface area contributed by atoms with Crippen LogP contribution in [-0.4, -0.2) is 42.1 Å². The third kappa shape index (κ3) is 5.06. The SMILES string of the molecule is NC(=O)CC(NC(=O)Cc1ccccc1C(=O)O)C1CCOCC1. The number of ether oxygens (including phenoxy) is 1. The molecule has 7 heteroatoms. The molecule has 1 aliphatic rings. The highest BCUT2D eigenvalue weighted by molar-refractivity contribution is 5.91. The zero-order valence-electron chi connectivity index (χ0n) is 13.4. The van der Waals surface area contributed by atoms with Crippen LogP contribution >= 0.6 is 0 Å². The van der Waals surface area contributed by atoms with Crippen molar-refractivity contribution in [3.8, 4) is 0 Å².